The highest BCUT2D eigenvalue weighted by Gasteiger charge is 2.25. The van der Waals surface area contributed by atoms with E-state index >= 15 is 0 Å². The number of benzene rings is 1. The van der Waals surface area contributed by atoms with Crippen molar-refractivity contribution in [3.63, 3.8) is 0 Å². The lowest BCUT2D eigenvalue weighted by Gasteiger charge is -2.06. The molecule has 0 radical (unpaired) electrons. The molecule has 0 amide bonds. The Balaban J connectivity index is 2.19. The highest BCUT2D eigenvalue weighted by molar-refractivity contribution is 6.02. The number of carboxylic acid groups (broad SMARTS) is 1. The van der Waals surface area contributed by atoms with Gasteiger partial charge in [0.15, 0.2) is 0 Å². The molecule has 0 saturated carbocycles. The molecule has 1 N–H and O–H groups in total. The zero-order valence-corrected chi connectivity index (χ0v) is 10.6. The van der Waals surface area contributed by atoms with E-state index in [9.17, 15) is 9.59 Å². The molecule has 0 spiro atoms. The van der Waals surface area contributed by atoms with E-state index in [1.165, 1.54) is 6.92 Å². The number of hydrogen-bond donors (Lipinski definition) is 1. The van der Waals surface area contributed by atoms with Gasteiger partial charge in [0.1, 0.15) is 11.7 Å². The topological polar surface area (TPSA) is 59.3 Å². The Morgan fingerprint density at radius 1 is 1.21 bits per heavy atom. The third kappa shape index (κ3) is 3.10. The first kappa shape index (κ1) is 13.1. The number of carboxylic acids is 1. The number of carbonyl (C=O) groups excluding carboxylic acids is 1. The van der Waals surface area contributed by atoms with Crippen molar-refractivity contribution in [2.45, 2.75) is 19.4 Å². The molecule has 0 aliphatic rings. The summed E-state index contributed by atoms with van der Waals surface area (Å²) in [5, 5.41) is 9.07. The second kappa shape index (κ2) is 5.52. The zero-order chi connectivity index (χ0) is 13.8. The van der Waals surface area contributed by atoms with E-state index in [1.807, 2.05) is 34.9 Å². The van der Waals surface area contributed by atoms with Crippen LogP contribution in [0.25, 0.3) is 0 Å². The van der Waals surface area contributed by atoms with Crippen LogP contribution in [-0.4, -0.2) is 21.4 Å². The third-order valence-corrected chi connectivity index (χ3v) is 2.97. The summed E-state index contributed by atoms with van der Waals surface area (Å²) in [4.78, 5) is 22.4. The van der Waals surface area contributed by atoms with Crippen LogP contribution in [0.3, 0.4) is 0 Å². The molecule has 1 aromatic heterocycles. The van der Waals surface area contributed by atoms with Crippen LogP contribution in [0.4, 0.5) is 0 Å². The molecule has 1 atom stereocenters. The smallest absolute Gasteiger partial charge is 0.318 e. The summed E-state index contributed by atoms with van der Waals surface area (Å²) in [5.74, 6) is -2.54. The van der Waals surface area contributed by atoms with Gasteiger partial charge in [0.2, 0.25) is 0 Å². The lowest BCUT2D eigenvalue weighted by Crippen LogP contribution is -2.18. The molecule has 2 aromatic rings. The number of aliphatic carboxylic acids is 1. The van der Waals surface area contributed by atoms with Crippen molar-refractivity contribution in [2.75, 3.05) is 0 Å². The van der Waals surface area contributed by atoms with E-state index in [2.05, 4.69) is 0 Å². The molecule has 0 aliphatic carbocycles. The number of hydrogen-bond acceptors (Lipinski definition) is 2. The summed E-state index contributed by atoms with van der Waals surface area (Å²) in [6.07, 6.45) is 3.51. The maximum Gasteiger partial charge on any atom is 0.318 e. The van der Waals surface area contributed by atoms with Crippen LogP contribution < -0.4 is 0 Å². The molecule has 4 heteroatoms. The van der Waals surface area contributed by atoms with Crippen LogP contribution in [0.1, 0.15) is 24.0 Å². The van der Waals surface area contributed by atoms with Crippen LogP contribution >= 0.6 is 0 Å². The fourth-order valence-corrected chi connectivity index (χ4v) is 2.07. The van der Waals surface area contributed by atoms with E-state index < -0.39 is 11.9 Å². The van der Waals surface area contributed by atoms with Gasteiger partial charge in [-0.25, -0.2) is 0 Å². The fraction of sp³-hybridized carbons (Fsp3) is 0.200. The monoisotopic (exact) mass is 257 g/mol. The number of rotatable bonds is 5. The summed E-state index contributed by atoms with van der Waals surface area (Å²) in [5.41, 5.74) is 1.65. The Hall–Kier alpha value is -2.36. The number of aromatic nitrogens is 1. The molecule has 2 rings (SSSR count). The summed E-state index contributed by atoms with van der Waals surface area (Å²) >= 11 is 0. The van der Waals surface area contributed by atoms with Gasteiger partial charge >= 0.3 is 5.97 Å². The predicted molar refractivity (Wildman–Crippen MR) is 71.0 cm³/mol. The SMILES string of the molecule is CC(=O)[C@@H](C(=O)O)c1ccn(Cc2ccccc2)c1. The quantitative estimate of drug-likeness (QED) is 0.836. The Kier molecular flexibility index (Phi) is 3.80. The van der Waals surface area contributed by atoms with Gasteiger partial charge in [0.25, 0.3) is 0 Å². The summed E-state index contributed by atoms with van der Waals surface area (Å²) in [6, 6.07) is 11.5. The van der Waals surface area contributed by atoms with Crippen LogP contribution in [0.15, 0.2) is 48.8 Å². The molecule has 0 aliphatic heterocycles. The first-order valence-corrected chi connectivity index (χ1v) is 6.01. The van der Waals surface area contributed by atoms with Crippen molar-refractivity contribution in [1.82, 2.24) is 4.57 Å². The second-order valence-electron chi connectivity index (χ2n) is 4.48. The van der Waals surface area contributed by atoms with Crippen molar-refractivity contribution in [3.05, 3.63) is 59.9 Å². The van der Waals surface area contributed by atoms with Crippen LogP contribution in [0, 0.1) is 0 Å². The van der Waals surface area contributed by atoms with Crippen molar-refractivity contribution < 1.29 is 14.7 Å². The van der Waals surface area contributed by atoms with Crippen LogP contribution in [0.2, 0.25) is 0 Å². The Morgan fingerprint density at radius 3 is 2.47 bits per heavy atom. The molecule has 4 nitrogen and oxygen atoms in total. The summed E-state index contributed by atoms with van der Waals surface area (Å²) < 4.78 is 1.88. The van der Waals surface area contributed by atoms with Gasteiger partial charge in [0, 0.05) is 18.9 Å². The number of Topliss-reactive ketones (excluding diaryl/α,β-unsaturated/α-hetero) is 1. The minimum absolute atomic E-state index is 0.357. The highest BCUT2D eigenvalue weighted by atomic mass is 16.4. The van der Waals surface area contributed by atoms with Gasteiger partial charge in [0.05, 0.1) is 0 Å². The number of carbonyl (C=O) groups is 2. The molecule has 19 heavy (non-hydrogen) atoms. The first-order valence-electron chi connectivity index (χ1n) is 6.01. The van der Waals surface area contributed by atoms with Crippen molar-refractivity contribution in [2.24, 2.45) is 0 Å². The van der Waals surface area contributed by atoms with Gasteiger partial charge in [-0.2, -0.15) is 0 Å². The molecule has 0 fully saturated rings. The normalized spacial score (nSPS) is 12.1. The lowest BCUT2D eigenvalue weighted by atomic mass is 9.99. The maximum atomic E-state index is 11.4. The predicted octanol–water partition coefficient (Wildman–Crippen LogP) is 2.29. The van der Waals surface area contributed by atoms with Gasteiger partial charge in [-0.05, 0) is 24.1 Å². The Labute approximate surface area is 111 Å². The maximum absolute atomic E-state index is 11.4. The highest BCUT2D eigenvalue weighted by Crippen LogP contribution is 2.18. The van der Waals surface area contributed by atoms with E-state index in [0.717, 1.165) is 5.56 Å². The molecule has 1 aromatic carbocycles. The molecule has 0 bridgehead atoms. The van der Waals surface area contributed by atoms with Crippen molar-refractivity contribution in [3.8, 4) is 0 Å². The van der Waals surface area contributed by atoms with E-state index in [1.54, 1.807) is 18.5 Å². The molecule has 1 heterocycles. The fourth-order valence-electron chi connectivity index (χ4n) is 2.07. The lowest BCUT2D eigenvalue weighted by molar-refractivity contribution is -0.142. The van der Waals surface area contributed by atoms with Gasteiger partial charge in [-0.1, -0.05) is 30.3 Å². The molecular formula is C15H15NO3. The largest absolute Gasteiger partial charge is 0.480 e. The Morgan fingerprint density at radius 2 is 1.89 bits per heavy atom. The molecule has 0 unspecified atom stereocenters. The minimum Gasteiger partial charge on any atom is -0.480 e. The standard InChI is InChI=1S/C15H15NO3/c1-11(17)14(15(18)19)13-7-8-16(10-13)9-12-5-3-2-4-6-12/h2-8,10,14H,9H2,1H3,(H,18,19)/t14-/m1/s1. The van der Waals surface area contributed by atoms with Gasteiger partial charge < -0.3 is 9.67 Å². The van der Waals surface area contributed by atoms with Crippen molar-refractivity contribution >= 4 is 11.8 Å². The van der Waals surface area contributed by atoms with E-state index in [0.29, 0.717) is 12.1 Å². The van der Waals surface area contributed by atoms with E-state index in [4.69, 9.17) is 5.11 Å². The van der Waals surface area contributed by atoms with Crippen LogP contribution in [0.5, 0.6) is 0 Å². The van der Waals surface area contributed by atoms with Crippen LogP contribution in [-0.2, 0) is 16.1 Å². The first-order chi connectivity index (χ1) is 9.08. The number of nitrogens with zero attached hydrogens (tertiary/aromatic N) is 1. The molecular weight excluding hydrogens is 242 g/mol. The molecule has 98 valence electrons. The summed E-state index contributed by atoms with van der Waals surface area (Å²) in [6.45, 7) is 1.96. The number of ketones is 1. The average Bonchev–Trinajstić information content (AvgIpc) is 2.77. The van der Waals surface area contributed by atoms with Gasteiger partial charge in [-0.15, -0.1) is 0 Å². The Bertz CT molecular complexity index is 572. The second-order valence-corrected chi connectivity index (χ2v) is 4.48. The molecule has 0 saturated heterocycles. The minimum atomic E-state index is -1.11. The summed E-state index contributed by atoms with van der Waals surface area (Å²) in [7, 11) is 0. The van der Waals surface area contributed by atoms with E-state index in [-0.39, 0.29) is 5.78 Å². The average molecular weight is 257 g/mol. The zero-order valence-electron chi connectivity index (χ0n) is 10.6. The van der Waals surface area contributed by atoms with Crippen molar-refractivity contribution in [1.29, 1.82) is 0 Å². The third-order valence-electron chi connectivity index (χ3n) is 2.97. The van der Waals surface area contributed by atoms with Gasteiger partial charge in [-0.3, -0.25) is 9.59 Å².